The van der Waals surface area contributed by atoms with Crippen LogP contribution in [0.2, 0.25) is 0 Å². The van der Waals surface area contributed by atoms with Crippen molar-refractivity contribution in [1.29, 1.82) is 0 Å². The molecule has 1 aliphatic heterocycles. The molecule has 0 aromatic carbocycles. The van der Waals surface area contributed by atoms with Crippen LogP contribution in [-0.4, -0.2) is 28.6 Å². The maximum Gasteiger partial charge on any atom is 0.226 e. The van der Waals surface area contributed by atoms with Gasteiger partial charge < -0.3 is 5.32 Å². The van der Waals surface area contributed by atoms with E-state index in [9.17, 15) is 14.4 Å². The van der Waals surface area contributed by atoms with Crippen molar-refractivity contribution in [2.75, 3.05) is 6.54 Å². The van der Waals surface area contributed by atoms with E-state index in [1.165, 1.54) is 17.3 Å². The summed E-state index contributed by atoms with van der Waals surface area (Å²) in [6.07, 6.45) is 6.25. The molecular formula is C20H27NO3S. The zero-order valence-electron chi connectivity index (χ0n) is 15.3. The number of hydrogen-bond acceptors (Lipinski definition) is 4. The van der Waals surface area contributed by atoms with Gasteiger partial charge in [0.05, 0.1) is 5.41 Å². The van der Waals surface area contributed by atoms with Crippen LogP contribution in [0.1, 0.15) is 52.9 Å². The minimum Gasteiger partial charge on any atom is -0.355 e. The Bertz CT molecular complexity index is 686. The first-order valence-corrected chi connectivity index (χ1v) is 10.3. The van der Waals surface area contributed by atoms with E-state index in [4.69, 9.17) is 0 Å². The molecule has 25 heavy (non-hydrogen) atoms. The predicted molar refractivity (Wildman–Crippen MR) is 97.9 cm³/mol. The fourth-order valence-corrected chi connectivity index (χ4v) is 7.46. The van der Waals surface area contributed by atoms with Crippen LogP contribution < -0.4 is 5.32 Å². The lowest BCUT2D eigenvalue weighted by molar-refractivity contribution is -0.133. The summed E-state index contributed by atoms with van der Waals surface area (Å²) in [6, 6.07) is 0. The molecule has 0 radical (unpaired) electrons. The minimum absolute atomic E-state index is 0.00306. The first kappa shape index (κ1) is 17.3. The first-order chi connectivity index (χ1) is 11.8. The van der Waals surface area contributed by atoms with E-state index in [0.29, 0.717) is 24.2 Å². The number of hydrogen-bond donors (Lipinski definition) is 1. The second-order valence-corrected chi connectivity index (χ2v) is 10.2. The number of nitrogens with one attached hydrogen (secondary N) is 1. The van der Waals surface area contributed by atoms with Crippen LogP contribution in [0.25, 0.3) is 0 Å². The highest BCUT2D eigenvalue weighted by atomic mass is 32.2. The standard InChI is InChI=1S/C20H27NO3S/c1-11(22)25-17-9-13-14(19(2)6-4-12(23)8-15(17)19)5-7-20(3)16(13)10-21-18(20)24/h8,13-14,16-17H,4-7,9-10H2,1-3H3,(H,21,24)/t13-,14+,16+,17-,19-,20+/m1/s1. The minimum atomic E-state index is -0.255. The van der Waals surface area contributed by atoms with Gasteiger partial charge in [-0.3, -0.25) is 14.4 Å². The van der Waals surface area contributed by atoms with Crippen molar-refractivity contribution in [1.82, 2.24) is 5.32 Å². The largest absolute Gasteiger partial charge is 0.355 e. The summed E-state index contributed by atoms with van der Waals surface area (Å²) in [7, 11) is 0. The second kappa shape index (κ2) is 5.70. The lowest BCUT2D eigenvalue weighted by Gasteiger charge is -2.58. The smallest absolute Gasteiger partial charge is 0.226 e. The van der Waals surface area contributed by atoms with Crippen LogP contribution in [-0.2, 0) is 14.4 Å². The van der Waals surface area contributed by atoms with Gasteiger partial charge in [-0.05, 0) is 60.5 Å². The number of fused-ring (bicyclic) bond motifs is 5. The molecule has 0 aromatic rings. The Morgan fingerprint density at radius 1 is 1.20 bits per heavy atom. The molecule has 0 unspecified atom stereocenters. The van der Waals surface area contributed by atoms with E-state index >= 15 is 0 Å². The van der Waals surface area contributed by atoms with Crippen molar-refractivity contribution in [2.24, 2.45) is 28.6 Å². The Labute approximate surface area is 153 Å². The van der Waals surface area contributed by atoms with Crippen LogP contribution >= 0.6 is 11.8 Å². The number of carbonyl (C=O) groups is 3. The Balaban J connectivity index is 1.75. The molecule has 3 aliphatic carbocycles. The summed E-state index contributed by atoms with van der Waals surface area (Å²) < 4.78 is 0. The van der Waals surface area contributed by atoms with Crippen LogP contribution in [0.3, 0.4) is 0 Å². The van der Waals surface area contributed by atoms with Gasteiger partial charge in [0.1, 0.15) is 0 Å². The summed E-state index contributed by atoms with van der Waals surface area (Å²) in [4.78, 5) is 36.4. The number of carbonyl (C=O) groups excluding carboxylic acids is 3. The fraction of sp³-hybridized carbons (Fsp3) is 0.750. The molecule has 1 N–H and O–H groups in total. The van der Waals surface area contributed by atoms with Gasteiger partial charge in [-0.1, -0.05) is 25.6 Å². The molecule has 6 atom stereocenters. The Morgan fingerprint density at radius 2 is 1.96 bits per heavy atom. The number of allylic oxidation sites excluding steroid dienone is 1. The summed E-state index contributed by atoms with van der Waals surface area (Å²) in [5.74, 6) is 1.73. The average molecular weight is 362 g/mol. The molecule has 1 heterocycles. The van der Waals surface area contributed by atoms with Gasteiger partial charge in [0.2, 0.25) is 5.91 Å². The Kier molecular flexibility index (Phi) is 3.95. The van der Waals surface area contributed by atoms with Crippen molar-refractivity contribution in [3.8, 4) is 0 Å². The predicted octanol–water partition coefficient (Wildman–Crippen LogP) is 3.11. The highest BCUT2D eigenvalue weighted by Gasteiger charge is 2.61. The molecular weight excluding hydrogens is 334 g/mol. The molecule has 2 saturated carbocycles. The van der Waals surface area contributed by atoms with E-state index in [1.807, 2.05) is 6.08 Å². The van der Waals surface area contributed by atoms with Gasteiger partial charge >= 0.3 is 0 Å². The molecule has 1 saturated heterocycles. The lowest BCUT2D eigenvalue weighted by Crippen LogP contribution is -2.54. The number of ketones is 1. The van der Waals surface area contributed by atoms with Gasteiger partial charge in [-0.25, -0.2) is 0 Å². The van der Waals surface area contributed by atoms with E-state index in [2.05, 4.69) is 19.2 Å². The quantitative estimate of drug-likeness (QED) is 0.779. The molecule has 3 fully saturated rings. The number of rotatable bonds is 1. The average Bonchev–Trinajstić information content (AvgIpc) is 2.84. The monoisotopic (exact) mass is 361 g/mol. The van der Waals surface area contributed by atoms with Crippen molar-refractivity contribution < 1.29 is 14.4 Å². The summed E-state index contributed by atoms with van der Waals surface area (Å²) in [5, 5.41) is 3.30. The van der Waals surface area contributed by atoms with Crippen LogP contribution in [0.5, 0.6) is 0 Å². The van der Waals surface area contributed by atoms with E-state index in [0.717, 1.165) is 32.2 Å². The number of amides is 1. The van der Waals surface area contributed by atoms with Gasteiger partial charge in [0, 0.05) is 25.1 Å². The Hall–Kier alpha value is -1.10. The van der Waals surface area contributed by atoms with Crippen molar-refractivity contribution >= 4 is 28.6 Å². The summed E-state index contributed by atoms with van der Waals surface area (Å²) in [5.41, 5.74) is 0.942. The highest BCUT2D eigenvalue weighted by Crippen LogP contribution is 2.63. The molecule has 0 bridgehead atoms. The molecule has 0 aromatic heterocycles. The SMILES string of the molecule is CC(=O)S[C@@H]1C[C@@H]2[C@H](CC[C@]3(C)C(=O)NC[C@@H]23)[C@@]2(C)CCC(=O)C=C12. The van der Waals surface area contributed by atoms with Crippen molar-refractivity contribution in [2.45, 2.75) is 58.1 Å². The normalized spacial score (nSPS) is 45.8. The molecule has 1 amide bonds. The van der Waals surface area contributed by atoms with Crippen molar-refractivity contribution in [3.05, 3.63) is 11.6 Å². The second-order valence-electron chi connectivity index (χ2n) is 8.86. The highest BCUT2D eigenvalue weighted by molar-refractivity contribution is 8.14. The maximum atomic E-state index is 12.4. The van der Waals surface area contributed by atoms with Gasteiger partial charge in [-0.15, -0.1) is 0 Å². The van der Waals surface area contributed by atoms with Crippen LogP contribution in [0.4, 0.5) is 0 Å². The van der Waals surface area contributed by atoms with Crippen molar-refractivity contribution in [3.63, 3.8) is 0 Å². The molecule has 4 nitrogen and oxygen atoms in total. The van der Waals surface area contributed by atoms with Gasteiger partial charge in [0.25, 0.3) is 0 Å². The van der Waals surface area contributed by atoms with E-state index < -0.39 is 0 Å². The van der Waals surface area contributed by atoms with E-state index in [1.54, 1.807) is 6.92 Å². The van der Waals surface area contributed by atoms with E-state index in [-0.39, 0.29) is 32.9 Å². The molecule has 4 aliphatic rings. The summed E-state index contributed by atoms with van der Waals surface area (Å²) >= 11 is 1.39. The van der Waals surface area contributed by atoms with Crippen LogP contribution in [0, 0.1) is 28.6 Å². The number of thioether (sulfide) groups is 1. The first-order valence-electron chi connectivity index (χ1n) is 9.46. The molecule has 136 valence electrons. The maximum absolute atomic E-state index is 12.4. The third-order valence-corrected chi connectivity index (χ3v) is 8.72. The zero-order chi connectivity index (χ0) is 18.0. The lowest BCUT2D eigenvalue weighted by atomic mass is 9.47. The topological polar surface area (TPSA) is 63.2 Å². The molecule has 0 spiro atoms. The Morgan fingerprint density at radius 3 is 2.68 bits per heavy atom. The third-order valence-electron chi connectivity index (χ3n) is 7.65. The molecule has 4 rings (SSSR count). The molecule has 5 heteroatoms. The van der Waals surface area contributed by atoms with Gasteiger partial charge in [0.15, 0.2) is 10.9 Å². The summed E-state index contributed by atoms with van der Waals surface area (Å²) in [6.45, 7) is 6.82. The van der Waals surface area contributed by atoms with Crippen LogP contribution in [0.15, 0.2) is 11.6 Å². The third kappa shape index (κ3) is 2.45. The zero-order valence-corrected chi connectivity index (χ0v) is 16.1. The fourth-order valence-electron chi connectivity index (χ4n) is 6.27. The van der Waals surface area contributed by atoms with Gasteiger partial charge in [-0.2, -0.15) is 0 Å².